The highest BCUT2D eigenvalue weighted by molar-refractivity contribution is 5.87. The van der Waals surface area contributed by atoms with E-state index in [0.717, 1.165) is 5.56 Å². The predicted octanol–water partition coefficient (Wildman–Crippen LogP) is 3.23. The third-order valence-electron chi connectivity index (χ3n) is 4.00. The first-order valence-electron chi connectivity index (χ1n) is 7.98. The lowest BCUT2D eigenvalue weighted by molar-refractivity contribution is -0.125. The van der Waals surface area contributed by atoms with E-state index in [2.05, 4.69) is 10.3 Å². The molecule has 126 valence electrons. The Hall–Kier alpha value is -2.69. The Kier molecular flexibility index (Phi) is 6.07. The maximum Gasteiger partial charge on any atom is 0.335 e. The number of amides is 1. The van der Waals surface area contributed by atoms with Crippen LogP contribution in [-0.4, -0.2) is 22.0 Å². The van der Waals surface area contributed by atoms with Gasteiger partial charge in [0.15, 0.2) is 0 Å². The van der Waals surface area contributed by atoms with E-state index >= 15 is 0 Å². The van der Waals surface area contributed by atoms with Crippen molar-refractivity contribution >= 4 is 11.9 Å². The number of hydrogen-bond acceptors (Lipinski definition) is 3. The second kappa shape index (κ2) is 8.24. The number of carbonyl (C=O) groups is 2. The summed E-state index contributed by atoms with van der Waals surface area (Å²) >= 11 is 0. The molecular weight excluding hydrogens is 304 g/mol. The molecule has 5 nitrogen and oxygen atoms in total. The summed E-state index contributed by atoms with van der Waals surface area (Å²) in [6.45, 7) is 4.33. The molecule has 0 aliphatic carbocycles. The number of nitrogens with one attached hydrogen (secondary N) is 1. The Morgan fingerprint density at radius 1 is 1.17 bits per heavy atom. The molecule has 2 N–H and O–H groups in total. The number of aromatic nitrogens is 1. The van der Waals surface area contributed by atoms with Crippen molar-refractivity contribution < 1.29 is 14.7 Å². The molecule has 0 aliphatic heterocycles. The van der Waals surface area contributed by atoms with E-state index in [9.17, 15) is 9.59 Å². The third-order valence-corrected chi connectivity index (χ3v) is 4.00. The first kappa shape index (κ1) is 17.7. The van der Waals surface area contributed by atoms with E-state index in [1.807, 2.05) is 44.2 Å². The highest BCUT2D eigenvalue weighted by Crippen LogP contribution is 2.22. The van der Waals surface area contributed by atoms with E-state index in [1.165, 1.54) is 12.3 Å². The summed E-state index contributed by atoms with van der Waals surface area (Å²) in [6, 6.07) is 12.8. The molecule has 2 aromatic rings. The monoisotopic (exact) mass is 326 g/mol. The van der Waals surface area contributed by atoms with Crippen LogP contribution < -0.4 is 5.32 Å². The van der Waals surface area contributed by atoms with Gasteiger partial charge >= 0.3 is 5.97 Å². The van der Waals surface area contributed by atoms with E-state index in [0.29, 0.717) is 18.7 Å². The molecule has 1 amide bonds. The molecule has 0 saturated carbocycles. The van der Waals surface area contributed by atoms with E-state index in [4.69, 9.17) is 5.11 Å². The van der Waals surface area contributed by atoms with Crippen LogP contribution in [0.1, 0.15) is 47.8 Å². The zero-order chi connectivity index (χ0) is 17.5. The summed E-state index contributed by atoms with van der Waals surface area (Å²) in [5.41, 5.74) is 1.97. The Bertz CT molecular complexity index is 701. The molecule has 1 unspecified atom stereocenters. The number of pyridine rings is 1. The van der Waals surface area contributed by atoms with Crippen molar-refractivity contribution in [1.82, 2.24) is 10.3 Å². The fraction of sp³-hybridized carbons (Fsp3) is 0.316. The van der Waals surface area contributed by atoms with Gasteiger partial charge in [0, 0.05) is 24.4 Å². The average molecular weight is 326 g/mol. The lowest BCUT2D eigenvalue weighted by Crippen LogP contribution is -2.29. The Morgan fingerprint density at radius 3 is 2.54 bits per heavy atom. The summed E-state index contributed by atoms with van der Waals surface area (Å²) < 4.78 is 0. The number of rotatable bonds is 7. The number of carboxylic acids is 1. The lowest BCUT2D eigenvalue weighted by Gasteiger charge is -2.17. The number of hydrogen-bond donors (Lipinski definition) is 2. The summed E-state index contributed by atoms with van der Waals surface area (Å²) in [6.07, 6.45) is 2.10. The minimum atomic E-state index is -0.973. The Balaban J connectivity index is 1.90. The minimum absolute atomic E-state index is 0.00164. The van der Waals surface area contributed by atoms with Crippen molar-refractivity contribution in [3.8, 4) is 0 Å². The molecule has 1 heterocycles. The highest BCUT2D eigenvalue weighted by atomic mass is 16.4. The summed E-state index contributed by atoms with van der Waals surface area (Å²) in [5, 5.41) is 12.0. The van der Waals surface area contributed by atoms with Crippen LogP contribution >= 0.6 is 0 Å². The largest absolute Gasteiger partial charge is 0.478 e. The van der Waals surface area contributed by atoms with Gasteiger partial charge in [-0.1, -0.05) is 44.2 Å². The van der Waals surface area contributed by atoms with Crippen LogP contribution in [0.4, 0.5) is 0 Å². The molecule has 5 heteroatoms. The molecule has 0 saturated heterocycles. The summed E-state index contributed by atoms with van der Waals surface area (Å²) in [7, 11) is 0. The first-order valence-corrected chi connectivity index (χ1v) is 7.98. The van der Waals surface area contributed by atoms with Crippen molar-refractivity contribution in [2.24, 2.45) is 5.92 Å². The molecule has 24 heavy (non-hydrogen) atoms. The number of nitrogens with zero attached hydrogens (tertiary/aromatic N) is 1. The molecule has 0 radical (unpaired) electrons. The number of carbonyl (C=O) groups excluding carboxylic acids is 1. The van der Waals surface area contributed by atoms with E-state index in [-0.39, 0.29) is 23.3 Å². The van der Waals surface area contributed by atoms with E-state index < -0.39 is 5.97 Å². The van der Waals surface area contributed by atoms with Crippen LogP contribution in [0.3, 0.4) is 0 Å². The zero-order valence-corrected chi connectivity index (χ0v) is 13.9. The van der Waals surface area contributed by atoms with Crippen LogP contribution in [0.2, 0.25) is 0 Å². The Morgan fingerprint density at radius 2 is 1.88 bits per heavy atom. The van der Waals surface area contributed by atoms with Gasteiger partial charge < -0.3 is 10.4 Å². The predicted molar refractivity (Wildman–Crippen MR) is 91.7 cm³/mol. The van der Waals surface area contributed by atoms with Crippen molar-refractivity contribution in [2.75, 3.05) is 0 Å². The molecular formula is C19H22N2O3. The molecule has 0 fully saturated rings. The SMILES string of the molecule is CC(C[C@@H](C)C(=O)NCc1ccccc1)c1cc(C(=O)O)ccn1. The number of aromatic carboxylic acids is 1. The van der Waals surface area contributed by atoms with Crippen LogP contribution in [0.25, 0.3) is 0 Å². The summed E-state index contributed by atoms with van der Waals surface area (Å²) in [5.74, 6) is -1.17. The van der Waals surface area contributed by atoms with Gasteiger partial charge in [0.2, 0.25) is 5.91 Å². The van der Waals surface area contributed by atoms with Crippen molar-refractivity contribution in [3.63, 3.8) is 0 Å². The second-order valence-electron chi connectivity index (χ2n) is 6.02. The maximum absolute atomic E-state index is 12.2. The average Bonchev–Trinajstić information content (AvgIpc) is 2.60. The fourth-order valence-electron chi connectivity index (χ4n) is 2.57. The molecule has 1 aromatic carbocycles. The molecule has 0 spiro atoms. The topological polar surface area (TPSA) is 79.3 Å². The van der Waals surface area contributed by atoms with Gasteiger partial charge in [0.25, 0.3) is 0 Å². The first-order chi connectivity index (χ1) is 11.5. The lowest BCUT2D eigenvalue weighted by atomic mass is 9.93. The second-order valence-corrected chi connectivity index (χ2v) is 6.02. The molecule has 2 rings (SSSR count). The van der Waals surface area contributed by atoms with Gasteiger partial charge in [-0.3, -0.25) is 9.78 Å². The van der Waals surface area contributed by atoms with Crippen LogP contribution in [0.5, 0.6) is 0 Å². The molecule has 0 aliphatic rings. The zero-order valence-electron chi connectivity index (χ0n) is 13.9. The normalized spacial score (nSPS) is 13.1. The van der Waals surface area contributed by atoms with Crippen LogP contribution in [0.15, 0.2) is 48.7 Å². The van der Waals surface area contributed by atoms with Crippen molar-refractivity contribution in [3.05, 3.63) is 65.5 Å². The van der Waals surface area contributed by atoms with Gasteiger partial charge in [0.1, 0.15) is 0 Å². The summed E-state index contributed by atoms with van der Waals surface area (Å²) in [4.78, 5) is 27.5. The van der Waals surface area contributed by atoms with Crippen molar-refractivity contribution in [1.29, 1.82) is 0 Å². The van der Waals surface area contributed by atoms with Gasteiger partial charge in [-0.2, -0.15) is 0 Å². The molecule has 2 atom stereocenters. The number of benzene rings is 1. The minimum Gasteiger partial charge on any atom is -0.478 e. The highest BCUT2D eigenvalue weighted by Gasteiger charge is 2.19. The fourth-order valence-corrected chi connectivity index (χ4v) is 2.57. The standard InChI is InChI=1S/C19H22N2O3/c1-13(17-11-16(19(23)24)8-9-20-17)10-14(2)18(22)21-12-15-6-4-3-5-7-15/h3-9,11,13-14H,10,12H2,1-2H3,(H,21,22)(H,23,24)/t13?,14-/m1/s1. The number of carboxylic acid groups (broad SMARTS) is 1. The third kappa shape index (κ3) is 4.91. The van der Waals surface area contributed by atoms with Crippen molar-refractivity contribution in [2.45, 2.75) is 32.7 Å². The smallest absolute Gasteiger partial charge is 0.335 e. The van der Waals surface area contributed by atoms with Crippen LogP contribution in [-0.2, 0) is 11.3 Å². The van der Waals surface area contributed by atoms with Gasteiger partial charge in [-0.25, -0.2) is 4.79 Å². The quantitative estimate of drug-likeness (QED) is 0.819. The van der Waals surface area contributed by atoms with E-state index in [1.54, 1.807) is 6.07 Å². The van der Waals surface area contributed by atoms with Gasteiger partial charge in [-0.15, -0.1) is 0 Å². The van der Waals surface area contributed by atoms with Gasteiger partial charge in [0.05, 0.1) is 5.56 Å². The maximum atomic E-state index is 12.2. The Labute approximate surface area is 141 Å². The molecule has 1 aromatic heterocycles. The van der Waals surface area contributed by atoms with Crippen LogP contribution in [0, 0.1) is 5.92 Å². The van der Waals surface area contributed by atoms with Gasteiger partial charge in [-0.05, 0) is 30.0 Å². The molecule has 0 bridgehead atoms.